The number of aliphatic hydroxyl groups excluding tert-OH is 1. The van der Waals surface area contributed by atoms with Gasteiger partial charge in [-0.2, -0.15) is 5.10 Å². The van der Waals surface area contributed by atoms with E-state index in [-0.39, 0.29) is 0 Å². The smallest absolute Gasteiger partial charge is 0.112 e. The molecule has 0 unspecified atom stereocenters. The summed E-state index contributed by atoms with van der Waals surface area (Å²) in [6, 6.07) is 1.88. The SMILES string of the molecule is Cn1c(C2CC2)nc2c1CCN(C[C@@H](O)Cn1cccn1)C2. The first kappa shape index (κ1) is 14.0. The minimum absolute atomic E-state index is 0.395. The minimum atomic E-state index is -0.395. The van der Waals surface area contributed by atoms with E-state index in [4.69, 9.17) is 4.98 Å². The maximum Gasteiger partial charge on any atom is 0.112 e. The highest BCUT2D eigenvalue weighted by molar-refractivity contribution is 5.23. The molecule has 1 aliphatic carbocycles. The number of hydrogen-bond acceptors (Lipinski definition) is 4. The standard InChI is InChI=1S/C16H23N5O/c1-19-15-5-8-20(9-13(22)10-21-7-2-6-17-21)11-14(15)18-16(19)12-3-4-12/h2,6-7,12-13,22H,3-5,8-11H2,1H3/t13-/m1/s1. The third-order valence-electron chi connectivity index (χ3n) is 4.74. The summed E-state index contributed by atoms with van der Waals surface area (Å²) in [5.74, 6) is 1.96. The monoisotopic (exact) mass is 301 g/mol. The topological polar surface area (TPSA) is 59.1 Å². The van der Waals surface area contributed by atoms with Crippen LogP contribution in [0.4, 0.5) is 0 Å². The van der Waals surface area contributed by atoms with E-state index in [1.54, 1.807) is 10.9 Å². The van der Waals surface area contributed by atoms with E-state index in [1.807, 2.05) is 12.3 Å². The van der Waals surface area contributed by atoms with Gasteiger partial charge in [0.1, 0.15) is 5.82 Å². The summed E-state index contributed by atoms with van der Waals surface area (Å²) in [5.41, 5.74) is 2.60. The van der Waals surface area contributed by atoms with Crippen molar-refractivity contribution < 1.29 is 5.11 Å². The zero-order valence-electron chi connectivity index (χ0n) is 13.0. The number of rotatable bonds is 5. The van der Waals surface area contributed by atoms with Gasteiger partial charge in [-0.05, 0) is 18.9 Å². The fourth-order valence-electron chi connectivity index (χ4n) is 3.45. The molecule has 1 saturated carbocycles. The Labute approximate surface area is 130 Å². The van der Waals surface area contributed by atoms with Crippen LogP contribution < -0.4 is 0 Å². The summed E-state index contributed by atoms with van der Waals surface area (Å²) in [4.78, 5) is 7.17. The molecule has 2 aromatic rings. The second-order valence-corrected chi connectivity index (χ2v) is 6.56. The predicted octanol–water partition coefficient (Wildman–Crippen LogP) is 0.913. The first-order valence-corrected chi connectivity index (χ1v) is 8.13. The van der Waals surface area contributed by atoms with Crippen molar-refractivity contribution in [2.75, 3.05) is 13.1 Å². The zero-order chi connectivity index (χ0) is 15.1. The van der Waals surface area contributed by atoms with E-state index in [2.05, 4.69) is 21.6 Å². The van der Waals surface area contributed by atoms with Crippen molar-refractivity contribution in [1.82, 2.24) is 24.2 Å². The van der Waals surface area contributed by atoms with Crippen molar-refractivity contribution in [3.63, 3.8) is 0 Å². The summed E-state index contributed by atoms with van der Waals surface area (Å²) >= 11 is 0. The first-order chi connectivity index (χ1) is 10.7. The van der Waals surface area contributed by atoms with Gasteiger partial charge in [-0.15, -0.1) is 0 Å². The Morgan fingerprint density at radius 2 is 2.23 bits per heavy atom. The van der Waals surface area contributed by atoms with Gasteiger partial charge in [-0.1, -0.05) is 0 Å². The van der Waals surface area contributed by atoms with Crippen molar-refractivity contribution in [1.29, 1.82) is 0 Å². The minimum Gasteiger partial charge on any atom is -0.390 e. The lowest BCUT2D eigenvalue weighted by atomic mass is 10.1. The van der Waals surface area contributed by atoms with Gasteiger partial charge >= 0.3 is 0 Å². The van der Waals surface area contributed by atoms with E-state index in [1.165, 1.54) is 30.1 Å². The molecule has 0 spiro atoms. The van der Waals surface area contributed by atoms with Gasteiger partial charge in [0, 0.05) is 57.1 Å². The molecule has 0 amide bonds. The molecule has 0 radical (unpaired) electrons. The lowest BCUT2D eigenvalue weighted by Gasteiger charge is -2.28. The number of nitrogens with zero attached hydrogens (tertiary/aromatic N) is 5. The fraction of sp³-hybridized carbons (Fsp3) is 0.625. The molecule has 6 nitrogen and oxygen atoms in total. The number of β-amino-alcohol motifs (C(OH)–C–C–N with tert-alkyl or cyclic N) is 1. The summed E-state index contributed by atoms with van der Waals surface area (Å²) in [7, 11) is 2.15. The molecule has 0 saturated heterocycles. The average Bonchev–Trinajstić information content (AvgIpc) is 3.12. The third kappa shape index (κ3) is 2.68. The first-order valence-electron chi connectivity index (χ1n) is 8.13. The molecular weight excluding hydrogens is 278 g/mol. The van der Waals surface area contributed by atoms with Gasteiger partial charge < -0.3 is 9.67 Å². The molecule has 0 bridgehead atoms. The lowest BCUT2D eigenvalue weighted by Crippen LogP contribution is -2.38. The number of aromatic nitrogens is 4. The van der Waals surface area contributed by atoms with Crippen LogP contribution in [-0.2, 0) is 26.6 Å². The van der Waals surface area contributed by atoms with Crippen LogP contribution in [0.15, 0.2) is 18.5 Å². The van der Waals surface area contributed by atoms with Crippen molar-refractivity contribution in [2.45, 2.75) is 44.4 Å². The van der Waals surface area contributed by atoms with Gasteiger partial charge in [-0.25, -0.2) is 4.98 Å². The molecule has 2 aromatic heterocycles. The predicted molar refractivity (Wildman–Crippen MR) is 82.4 cm³/mol. The van der Waals surface area contributed by atoms with Gasteiger partial charge in [-0.3, -0.25) is 9.58 Å². The Bertz CT molecular complexity index is 644. The fourth-order valence-corrected chi connectivity index (χ4v) is 3.45. The Kier molecular flexibility index (Phi) is 3.50. The number of aliphatic hydroxyl groups is 1. The maximum absolute atomic E-state index is 10.3. The largest absolute Gasteiger partial charge is 0.390 e. The molecule has 0 aromatic carbocycles. The third-order valence-corrected chi connectivity index (χ3v) is 4.74. The Balaban J connectivity index is 1.40. The highest BCUT2D eigenvalue weighted by Crippen LogP contribution is 2.40. The van der Waals surface area contributed by atoms with Crippen molar-refractivity contribution in [2.24, 2.45) is 7.05 Å². The van der Waals surface area contributed by atoms with E-state index in [0.29, 0.717) is 19.0 Å². The van der Waals surface area contributed by atoms with Crippen LogP contribution in [0, 0.1) is 0 Å². The zero-order valence-corrected chi connectivity index (χ0v) is 13.0. The summed E-state index contributed by atoms with van der Waals surface area (Å²) in [6.45, 7) is 3.07. The highest BCUT2D eigenvalue weighted by Gasteiger charge is 2.32. The van der Waals surface area contributed by atoms with Crippen LogP contribution >= 0.6 is 0 Å². The van der Waals surface area contributed by atoms with Gasteiger partial charge in [0.05, 0.1) is 18.3 Å². The molecule has 118 valence electrons. The van der Waals surface area contributed by atoms with Gasteiger partial charge in [0.2, 0.25) is 0 Å². The van der Waals surface area contributed by atoms with Crippen molar-refractivity contribution in [3.05, 3.63) is 35.7 Å². The molecule has 1 fully saturated rings. The number of hydrogen-bond donors (Lipinski definition) is 1. The Hall–Kier alpha value is -1.66. The second-order valence-electron chi connectivity index (χ2n) is 6.56. The van der Waals surface area contributed by atoms with Crippen LogP contribution in [0.3, 0.4) is 0 Å². The van der Waals surface area contributed by atoms with E-state index in [0.717, 1.165) is 19.5 Å². The normalized spacial score (nSPS) is 20.1. The van der Waals surface area contributed by atoms with Crippen LogP contribution in [0.5, 0.6) is 0 Å². The van der Waals surface area contributed by atoms with E-state index in [9.17, 15) is 5.11 Å². The van der Waals surface area contributed by atoms with Crippen LogP contribution in [0.2, 0.25) is 0 Å². The Morgan fingerprint density at radius 1 is 1.36 bits per heavy atom. The lowest BCUT2D eigenvalue weighted by molar-refractivity contribution is 0.0879. The summed E-state index contributed by atoms with van der Waals surface area (Å²) in [5, 5.41) is 14.4. The molecule has 6 heteroatoms. The molecular formula is C16H23N5O. The molecule has 22 heavy (non-hydrogen) atoms. The van der Waals surface area contributed by atoms with Crippen molar-refractivity contribution >= 4 is 0 Å². The molecule has 2 aliphatic rings. The van der Waals surface area contributed by atoms with Crippen molar-refractivity contribution in [3.8, 4) is 0 Å². The van der Waals surface area contributed by atoms with E-state index < -0.39 is 6.10 Å². The number of imidazole rings is 1. The maximum atomic E-state index is 10.3. The average molecular weight is 301 g/mol. The highest BCUT2D eigenvalue weighted by atomic mass is 16.3. The quantitative estimate of drug-likeness (QED) is 0.892. The summed E-state index contributed by atoms with van der Waals surface area (Å²) < 4.78 is 4.09. The second kappa shape index (κ2) is 5.52. The number of fused-ring (bicyclic) bond motifs is 1. The Morgan fingerprint density at radius 3 is 2.95 bits per heavy atom. The van der Waals surface area contributed by atoms with E-state index >= 15 is 0 Å². The van der Waals surface area contributed by atoms with Crippen LogP contribution in [0.25, 0.3) is 0 Å². The molecule has 1 aliphatic heterocycles. The molecule has 3 heterocycles. The summed E-state index contributed by atoms with van der Waals surface area (Å²) in [6.07, 6.45) is 6.84. The molecule has 1 N–H and O–H groups in total. The van der Waals surface area contributed by atoms with Crippen LogP contribution in [-0.4, -0.2) is 48.5 Å². The van der Waals surface area contributed by atoms with Gasteiger partial charge in [0.25, 0.3) is 0 Å². The molecule has 4 rings (SSSR count). The molecule has 1 atom stereocenters. The van der Waals surface area contributed by atoms with Gasteiger partial charge in [0.15, 0.2) is 0 Å². The van der Waals surface area contributed by atoms with Crippen LogP contribution in [0.1, 0.15) is 36.0 Å².